The Balaban J connectivity index is 1.78. The zero-order chi connectivity index (χ0) is 6.81. The number of hydrogen-bond acceptors (Lipinski definition) is 3. The molecule has 0 saturated carbocycles. The Bertz CT molecular complexity index is 108. The van der Waals surface area contributed by atoms with Crippen LogP contribution in [0.1, 0.15) is 12.8 Å². The molecule has 10 heavy (non-hydrogen) atoms. The van der Waals surface area contributed by atoms with Gasteiger partial charge in [0.25, 0.3) is 0 Å². The number of nitrogens with one attached hydrogen (secondary N) is 1. The predicted molar refractivity (Wildman–Crippen MR) is 38.5 cm³/mol. The lowest BCUT2D eigenvalue weighted by atomic mass is 10.1. The molecule has 2 saturated heterocycles. The maximum Gasteiger partial charge on any atom is 0.0505 e. The van der Waals surface area contributed by atoms with Gasteiger partial charge in [-0.2, -0.15) is 0 Å². The van der Waals surface area contributed by atoms with Crippen LogP contribution in [0.3, 0.4) is 0 Å². The van der Waals surface area contributed by atoms with Gasteiger partial charge in [-0.3, -0.25) is 10.2 Å². The lowest BCUT2D eigenvalue weighted by molar-refractivity contribution is -0.00249. The van der Waals surface area contributed by atoms with Gasteiger partial charge in [-0.15, -0.1) is 0 Å². The van der Waals surface area contributed by atoms with Crippen molar-refractivity contribution >= 4 is 0 Å². The Morgan fingerprint density at radius 1 is 1.20 bits per heavy atom. The highest BCUT2D eigenvalue weighted by molar-refractivity contribution is 4.77. The van der Waals surface area contributed by atoms with Crippen LogP contribution in [0.4, 0.5) is 0 Å². The van der Waals surface area contributed by atoms with Crippen LogP contribution < -0.4 is 5.32 Å². The summed E-state index contributed by atoms with van der Waals surface area (Å²) in [5.74, 6) is 0. The van der Waals surface area contributed by atoms with Crippen LogP contribution in [0, 0.1) is 0 Å². The van der Waals surface area contributed by atoms with Crippen molar-refractivity contribution in [2.24, 2.45) is 0 Å². The van der Waals surface area contributed by atoms with E-state index in [1.807, 2.05) is 0 Å². The van der Waals surface area contributed by atoms with E-state index in [-0.39, 0.29) is 0 Å². The third-order valence-corrected chi connectivity index (χ3v) is 2.34. The molecule has 3 heteroatoms. The standard InChI is InChI=1S/C7H14N2O/c1-3-10-4-2-7(1)9-5-8-6-9/h7-8H,1-6H2. The zero-order valence-electron chi connectivity index (χ0n) is 6.18. The maximum absolute atomic E-state index is 5.27. The molecule has 0 unspecified atom stereocenters. The van der Waals surface area contributed by atoms with Crippen LogP contribution in [-0.4, -0.2) is 37.5 Å². The molecule has 2 rings (SSSR count). The molecule has 0 aliphatic carbocycles. The van der Waals surface area contributed by atoms with Crippen molar-refractivity contribution in [2.45, 2.75) is 18.9 Å². The van der Waals surface area contributed by atoms with Crippen molar-refractivity contribution in [3.63, 3.8) is 0 Å². The Labute approximate surface area is 61.3 Å². The second kappa shape index (κ2) is 2.86. The summed E-state index contributed by atoms with van der Waals surface area (Å²) in [7, 11) is 0. The molecule has 0 radical (unpaired) electrons. The molecule has 0 spiro atoms. The first kappa shape index (κ1) is 6.58. The zero-order valence-corrected chi connectivity index (χ0v) is 6.18. The van der Waals surface area contributed by atoms with Crippen molar-refractivity contribution in [1.82, 2.24) is 10.2 Å². The number of hydrogen-bond donors (Lipinski definition) is 1. The molecule has 0 amide bonds. The Hall–Kier alpha value is -0.120. The van der Waals surface area contributed by atoms with Crippen molar-refractivity contribution < 1.29 is 4.74 Å². The highest BCUT2D eigenvalue weighted by Crippen LogP contribution is 2.15. The highest BCUT2D eigenvalue weighted by atomic mass is 16.5. The van der Waals surface area contributed by atoms with E-state index in [1.165, 1.54) is 12.8 Å². The topological polar surface area (TPSA) is 24.5 Å². The van der Waals surface area contributed by atoms with E-state index in [0.717, 1.165) is 32.6 Å². The van der Waals surface area contributed by atoms with E-state index in [0.29, 0.717) is 0 Å². The third kappa shape index (κ3) is 1.17. The summed E-state index contributed by atoms with van der Waals surface area (Å²) < 4.78 is 5.27. The molecule has 0 aromatic rings. The van der Waals surface area contributed by atoms with Gasteiger partial charge in [0.2, 0.25) is 0 Å². The summed E-state index contributed by atoms with van der Waals surface area (Å²) in [4.78, 5) is 2.47. The van der Waals surface area contributed by atoms with Crippen molar-refractivity contribution in [1.29, 1.82) is 0 Å². The van der Waals surface area contributed by atoms with Crippen molar-refractivity contribution in [3.05, 3.63) is 0 Å². The quantitative estimate of drug-likeness (QED) is 0.557. The van der Waals surface area contributed by atoms with Gasteiger partial charge in [0, 0.05) is 19.3 Å². The minimum Gasteiger partial charge on any atom is -0.381 e. The molecule has 2 aliphatic rings. The van der Waals surface area contributed by atoms with Crippen LogP contribution in [0.5, 0.6) is 0 Å². The molecular formula is C7H14N2O. The molecule has 2 fully saturated rings. The number of rotatable bonds is 1. The average molecular weight is 142 g/mol. The highest BCUT2D eigenvalue weighted by Gasteiger charge is 2.24. The second-order valence-corrected chi connectivity index (χ2v) is 3.00. The molecule has 2 heterocycles. The largest absolute Gasteiger partial charge is 0.381 e. The van der Waals surface area contributed by atoms with Gasteiger partial charge in [0.05, 0.1) is 13.3 Å². The van der Waals surface area contributed by atoms with Crippen molar-refractivity contribution in [2.75, 3.05) is 26.6 Å². The van der Waals surface area contributed by atoms with E-state index >= 15 is 0 Å². The van der Waals surface area contributed by atoms with E-state index in [1.54, 1.807) is 0 Å². The Morgan fingerprint density at radius 3 is 2.40 bits per heavy atom. The summed E-state index contributed by atoms with van der Waals surface area (Å²) in [5, 5.41) is 3.24. The molecular weight excluding hydrogens is 128 g/mol. The normalized spacial score (nSPS) is 30.0. The number of ether oxygens (including phenoxy) is 1. The summed E-state index contributed by atoms with van der Waals surface area (Å²) in [5.41, 5.74) is 0. The fraction of sp³-hybridized carbons (Fsp3) is 1.00. The molecule has 58 valence electrons. The van der Waals surface area contributed by atoms with E-state index in [9.17, 15) is 0 Å². The van der Waals surface area contributed by atoms with Gasteiger partial charge >= 0.3 is 0 Å². The summed E-state index contributed by atoms with van der Waals surface area (Å²) in [6.45, 7) is 4.09. The molecule has 1 N–H and O–H groups in total. The molecule has 0 atom stereocenters. The maximum atomic E-state index is 5.27. The average Bonchev–Trinajstić information content (AvgIpc) is 1.86. The fourth-order valence-electron chi connectivity index (χ4n) is 1.55. The minimum absolute atomic E-state index is 0.801. The van der Waals surface area contributed by atoms with Gasteiger partial charge in [-0.05, 0) is 12.8 Å². The van der Waals surface area contributed by atoms with E-state index in [2.05, 4.69) is 10.2 Å². The predicted octanol–water partition coefficient (Wildman–Crippen LogP) is -0.0144. The monoisotopic (exact) mass is 142 g/mol. The third-order valence-electron chi connectivity index (χ3n) is 2.34. The van der Waals surface area contributed by atoms with Gasteiger partial charge in [-0.25, -0.2) is 0 Å². The van der Waals surface area contributed by atoms with Crippen LogP contribution in [0.25, 0.3) is 0 Å². The fourth-order valence-corrected chi connectivity index (χ4v) is 1.55. The minimum atomic E-state index is 0.801. The lowest BCUT2D eigenvalue weighted by Gasteiger charge is -2.40. The molecule has 2 aliphatic heterocycles. The summed E-state index contributed by atoms with van der Waals surface area (Å²) >= 11 is 0. The van der Waals surface area contributed by atoms with Gasteiger partial charge in [-0.1, -0.05) is 0 Å². The summed E-state index contributed by atoms with van der Waals surface area (Å²) in [6.07, 6.45) is 2.45. The second-order valence-electron chi connectivity index (χ2n) is 3.00. The van der Waals surface area contributed by atoms with Gasteiger partial charge in [0.1, 0.15) is 0 Å². The Morgan fingerprint density at radius 2 is 1.90 bits per heavy atom. The van der Waals surface area contributed by atoms with Gasteiger partial charge < -0.3 is 4.74 Å². The van der Waals surface area contributed by atoms with Gasteiger partial charge in [0.15, 0.2) is 0 Å². The molecule has 0 bridgehead atoms. The van der Waals surface area contributed by atoms with E-state index < -0.39 is 0 Å². The van der Waals surface area contributed by atoms with Crippen LogP contribution in [-0.2, 0) is 4.74 Å². The Kier molecular flexibility index (Phi) is 1.88. The lowest BCUT2D eigenvalue weighted by Crippen LogP contribution is -2.57. The first-order valence-corrected chi connectivity index (χ1v) is 3.99. The van der Waals surface area contributed by atoms with Crippen LogP contribution >= 0.6 is 0 Å². The molecule has 0 aromatic carbocycles. The summed E-state index contributed by atoms with van der Waals surface area (Å²) in [6, 6.07) is 0.801. The number of nitrogens with zero attached hydrogens (tertiary/aromatic N) is 1. The van der Waals surface area contributed by atoms with Crippen molar-refractivity contribution in [3.8, 4) is 0 Å². The molecule has 0 aromatic heterocycles. The SMILES string of the molecule is C1CC(N2CNC2)CCO1. The van der Waals surface area contributed by atoms with Crippen LogP contribution in [0.2, 0.25) is 0 Å². The smallest absolute Gasteiger partial charge is 0.0505 e. The van der Waals surface area contributed by atoms with E-state index in [4.69, 9.17) is 4.74 Å². The molecule has 3 nitrogen and oxygen atoms in total. The van der Waals surface area contributed by atoms with Crippen LogP contribution in [0.15, 0.2) is 0 Å². The first-order valence-electron chi connectivity index (χ1n) is 3.99. The first-order chi connectivity index (χ1) is 4.97.